The molecule has 4 nitrogen and oxygen atoms in total. The van der Waals surface area contributed by atoms with Gasteiger partial charge in [-0.05, 0) is 42.2 Å². The minimum atomic E-state index is -4.34. The molecule has 1 saturated heterocycles. The number of ether oxygens (including phenoxy) is 1. The maximum Gasteiger partial charge on any atom is 0.411 e. The molecule has 1 aliphatic heterocycles. The molecule has 0 aromatic heterocycles. The smallest absolute Gasteiger partial charge is 0.371 e. The number of rotatable bonds is 7. The Hall–Kier alpha value is -2.54. The molecule has 0 aliphatic carbocycles. The second kappa shape index (κ2) is 9.10. The van der Waals surface area contributed by atoms with E-state index in [0.29, 0.717) is 23.6 Å². The highest BCUT2D eigenvalue weighted by Gasteiger charge is 2.27. The van der Waals surface area contributed by atoms with E-state index in [1.54, 1.807) is 24.3 Å². The van der Waals surface area contributed by atoms with E-state index >= 15 is 0 Å². The van der Waals surface area contributed by atoms with Crippen molar-refractivity contribution in [3.05, 3.63) is 65.7 Å². The van der Waals surface area contributed by atoms with Crippen LogP contribution in [0, 0.1) is 5.92 Å². The summed E-state index contributed by atoms with van der Waals surface area (Å²) >= 11 is 0. The third-order valence-corrected chi connectivity index (χ3v) is 4.71. The number of amides is 1. The summed E-state index contributed by atoms with van der Waals surface area (Å²) in [5, 5.41) is 2.95. The minimum absolute atomic E-state index is 0.140. The topological polar surface area (TPSA) is 41.6 Å². The van der Waals surface area contributed by atoms with Gasteiger partial charge in [0.2, 0.25) is 0 Å². The highest BCUT2D eigenvalue weighted by molar-refractivity contribution is 5.94. The number of nitrogens with zero attached hydrogens (tertiary/aromatic N) is 1. The molecule has 28 heavy (non-hydrogen) atoms. The fourth-order valence-electron chi connectivity index (χ4n) is 3.25. The molecule has 1 amide bonds. The molecule has 0 spiro atoms. The van der Waals surface area contributed by atoms with Gasteiger partial charge in [-0.3, -0.25) is 4.79 Å². The molecule has 2 aromatic rings. The Labute approximate surface area is 162 Å². The molecule has 3 rings (SSSR count). The first-order chi connectivity index (χ1) is 13.4. The molecule has 150 valence electrons. The predicted molar refractivity (Wildman–Crippen MR) is 101 cm³/mol. The standard InChI is InChI=1S/C21H23F3N2O2/c22-21(23,24)15-28-14-16-6-8-18(9-7-16)20(27)25-12-17-10-11-26(13-17)19-4-2-1-3-5-19/h1-9,17H,10-15H2,(H,25,27). The Morgan fingerprint density at radius 2 is 1.82 bits per heavy atom. The lowest BCUT2D eigenvalue weighted by Crippen LogP contribution is -2.31. The Morgan fingerprint density at radius 3 is 2.50 bits per heavy atom. The summed E-state index contributed by atoms with van der Waals surface area (Å²) in [6.45, 7) is 1.05. The minimum Gasteiger partial charge on any atom is -0.371 e. The zero-order chi connectivity index (χ0) is 20.0. The van der Waals surface area contributed by atoms with Crippen LogP contribution in [0.5, 0.6) is 0 Å². The van der Waals surface area contributed by atoms with E-state index in [1.165, 1.54) is 5.69 Å². The van der Waals surface area contributed by atoms with Gasteiger partial charge in [0, 0.05) is 30.9 Å². The van der Waals surface area contributed by atoms with Crippen LogP contribution in [0.1, 0.15) is 22.3 Å². The van der Waals surface area contributed by atoms with E-state index in [0.717, 1.165) is 19.5 Å². The first-order valence-corrected chi connectivity index (χ1v) is 9.22. The highest BCUT2D eigenvalue weighted by Crippen LogP contribution is 2.23. The highest BCUT2D eigenvalue weighted by atomic mass is 19.4. The molecule has 1 N–H and O–H groups in total. The van der Waals surface area contributed by atoms with Gasteiger partial charge in [0.15, 0.2) is 0 Å². The Morgan fingerprint density at radius 1 is 1.11 bits per heavy atom. The Balaban J connectivity index is 1.42. The largest absolute Gasteiger partial charge is 0.411 e. The summed E-state index contributed by atoms with van der Waals surface area (Å²) in [5.41, 5.74) is 2.27. The zero-order valence-corrected chi connectivity index (χ0v) is 15.4. The lowest BCUT2D eigenvalue weighted by Gasteiger charge is -2.18. The van der Waals surface area contributed by atoms with Crippen molar-refractivity contribution < 1.29 is 22.7 Å². The van der Waals surface area contributed by atoms with Gasteiger partial charge in [-0.1, -0.05) is 30.3 Å². The van der Waals surface area contributed by atoms with Gasteiger partial charge in [0.05, 0.1) is 6.61 Å². The second-order valence-corrected chi connectivity index (χ2v) is 6.95. The Bertz CT molecular complexity index is 763. The molecule has 1 atom stereocenters. The van der Waals surface area contributed by atoms with Crippen molar-refractivity contribution in [1.82, 2.24) is 5.32 Å². The van der Waals surface area contributed by atoms with Crippen LogP contribution >= 0.6 is 0 Å². The first-order valence-electron chi connectivity index (χ1n) is 9.22. The zero-order valence-electron chi connectivity index (χ0n) is 15.4. The maximum atomic E-state index is 12.3. The van der Waals surface area contributed by atoms with Gasteiger partial charge in [-0.25, -0.2) is 0 Å². The number of nitrogens with one attached hydrogen (secondary N) is 1. The molecule has 0 saturated carbocycles. The third kappa shape index (κ3) is 5.99. The number of hydrogen-bond acceptors (Lipinski definition) is 3. The number of alkyl halides is 3. The Kier molecular flexibility index (Phi) is 6.57. The van der Waals surface area contributed by atoms with Gasteiger partial charge >= 0.3 is 6.18 Å². The van der Waals surface area contributed by atoms with Gasteiger partial charge in [-0.2, -0.15) is 13.2 Å². The van der Waals surface area contributed by atoms with Gasteiger partial charge in [0.1, 0.15) is 6.61 Å². The van der Waals surface area contributed by atoms with Gasteiger partial charge in [-0.15, -0.1) is 0 Å². The molecule has 1 heterocycles. The number of para-hydroxylation sites is 1. The first kappa shape index (κ1) is 20.2. The van der Waals surface area contributed by atoms with Crippen molar-refractivity contribution in [1.29, 1.82) is 0 Å². The summed E-state index contributed by atoms with van der Waals surface area (Å²) in [4.78, 5) is 14.6. The average molecular weight is 392 g/mol. The van der Waals surface area contributed by atoms with E-state index in [1.807, 2.05) is 18.2 Å². The number of halogens is 3. The summed E-state index contributed by atoms with van der Waals surface area (Å²) in [6, 6.07) is 16.6. The fraction of sp³-hybridized carbons (Fsp3) is 0.381. The summed E-state index contributed by atoms with van der Waals surface area (Å²) in [6.07, 6.45) is -3.32. The van der Waals surface area contributed by atoms with E-state index in [4.69, 9.17) is 0 Å². The molecule has 1 unspecified atom stereocenters. The van der Waals surface area contributed by atoms with Crippen molar-refractivity contribution in [3.8, 4) is 0 Å². The molecular weight excluding hydrogens is 369 g/mol. The number of carbonyl (C=O) groups excluding carboxylic acids is 1. The molecule has 1 fully saturated rings. The van der Waals surface area contributed by atoms with Gasteiger partial charge < -0.3 is 15.0 Å². The third-order valence-electron chi connectivity index (χ3n) is 4.71. The van der Waals surface area contributed by atoms with Crippen LogP contribution in [0.15, 0.2) is 54.6 Å². The van der Waals surface area contributed by atoms with Crippen LogP contribution in [0.25, 0.3) is 0 Å². The quantitative estimate of drug-likeness (QED) is 0.774. The molecule has 0 bridgehead atoms. The van der Waals surface area contributed by atoms with Crippen LogP contribution in [-0.4, -0.2) is 38.3 Å². The number of anilines is 1. The van der Waals surface area contributed by atoms with Crippen LogP contribution in [0.2, 0.25) is 0 Å². The predicted octanol–water partition coefficient (Wildman–Crippen LogP) is 4.02. The molecule has 2 aromatic carbocycles. The van der Waals surface area contributed by atoms with E-state index in [2.05, 4.69) is 27.1 Å². The number of hydrogen-bond donors (Lipinski definition) is 1. The lowest BCUT2D eigenvalue weighted by molar-refractivity contribution is -0.176. The lowest BCUT2D eigenvalue weighted by atomic mass is 10.1. The maximum absolute atomic E-state index is 12.3. The average Bonchev–Trinajstić information content (AvgIpc) is 3.15. The second-order valence-electron chi connectivity index (χ2n) is 6.95. The normalized spacial score (nSPS) is 17.0. The van der Waals surface area contributed by atoms with Crippen molar-refractivity contribution >= 4 is 11.6 Å². The van der Waals surface area contributed by atoms with Crippen molar-refractivity contribution in [2.75, 3.05) is 31.1 Å². The number of benzene rings is 2. The van der Waals surface area contributed by atoms with Crippen molar-refractivity contribution in [2.24, 2.45) is 5.92 Å². The monoisotopic (exact) mass is 392 g/mol. The van der Waals surface area contributed by atoms with Crippen molar-refractivity contribution in [3.63, 3.8) is 0 Å². The fourth-order valence-corrected chi connectivity index (χ4v) is 3.25. The molecular formula is C21H23F3N2O2. The molecule has 0 radical (unpaired) electrons. The van der Waals surface area contributed by atoms with E-state index < -0.39 is 12.8 Å². The molecule has 7 heteroatoms. The SMILES string of the molecule is O=C(NCC1CCN(c2ccccc2)C1)c1ccc(COCC(F)(F)F)cc1. The molecule has 1 aliphatic rings. The summed E-state index contributed by atoms with van der Waals surface area (Å²) in [5.74, 6) is 0.208. The van der Waals surface area contributed by atoms with E-state index in [9.17, 15) is 18.0 Å². The van der Waals surface area contributed by atoms with Crippen molar-refractivity contribution in [2.45, 2.75) is 19.2 Å². The van der Waals surface area contributed by atoms with Gasteiger partial charge in [0.25, 0.3) is 5.91 Å². The van der Waals surface area contributed by atoms with E-state index in [-0.39, 0.29) is 12.5 Å². The number of carbonyl (C=O) groups is 1. The van der Waals surface area contributed by atoms with Crippen LogP contribution in [0.3, 0.4) is 0 Å². The van der Waals surface area contributed by atoms with Crippen LogP contribution < -0.4 is 10.2 Å². The summed E-state index contributed by atoms with van der Waals surface area (Å²) in [7, 11) is 0. The van der Waals surface area contributed by atoms with Crippen LogP contribution in [-0.2, 0) is 11.3 Å². The van der Waals surface area contributed by atoms with Crippen LogP contribution in [0.4, 0.5) is 18.9 Å². The summed E-state index contributed by atoms with van der Waals surface area (Å²) < 4.78 is 40.9.